The van der Waals surface area contributed by atoms with Crippen LogP contribution in [-0.2, 0) is 16.0 Å². The molecule has 0 fully saturated rings. The van der Waals surface area contributed by atoms with E-state index in [0.29, 0.717) is 30.2 Å². The van der Waals surface area contributed by atoms with Gasteiger partial charge in [-0.25, -0.2) is 4.98 Å². The van der Waals surface area contributed by atoms with E-state index in [9.17, 15) is 4.79 Å². The van der Waals surface area contributed by atoms with Gasteiger partial charge in [0.15, 0.2) is 0 Å². The van der Waals surface area contributed by atoms with Crippen LogP contribution >= 0.6 is 11.6 Å². The van der Waals surface area contributed by atoms with Crippen LogP contribution in [-0.4, -0.2) is 36.1 Å². The third-order valence-electron chi connectivity index (χ3n) is 5.83. The second kappa shape index (κ2) is 9.10. The van der Waals surface area contributed by atoms with Gasteiger partial charge in [0.2, 0.25) is 5.91 Å². The Hall–Kier alpha value is -1.85. The Balaban J connectivity index is 1.73. The van der Waals surface area contributed by atoms with Crippen LogP contribution in [0.5, 0.6) is 0 Å². The zero-order valence-corrected chi connectivity index (χ0v) is 17.8. The van der Waals surface area contributed by atoms with Gasteiger partial charge in [-0.3, -0.25) is 4.79 Å². The van der Waals surface area contributed by atoms with Gasteiger partial charge in [0.25, 0.3) is 0 Å². The molecule has 0 saturated heterocycles. The number of benzene rings is 1. The molecule has 1 aromatic carbocycles. The second-order valence-electron chi connectivity index (χ2n) is 8.20. The minimum Gasteiger partial charge on any atom is -0.375 e. The summed E-state index contributed by atoms with van der Waals surface area (Å²) in [7, 11) is 1.54. The van der Waals surface area contributed by atoms with Crippen molar-refractivity contribution in [2.75, 3.05) is 20.3 Å². The normalized spacial score (nSPS) is 22.5. The van der Waals surface area contributed by atoms with E-state index >= 15 is 0 Å². The summed E-state index contributed by atoms with van der Waals surface area (Å²) < 4.78 is 4.91. The van der Waals surface area contributed by atoms with Crippen molar-refractivity contribution in [3.8, 4) is 0 Å². The van der Waals surface area contributed by atoms with E-state index in [-0.39, 0.29) is 12.5 Å². The Labute approximate surface area is 171 Å². The van der Waals surface area contributed by atoms with Gasteiger partial charge in [0.1, 0.15) is 12.4 Å². The fourth-order valence-electron chi connectivity index (χ4n) is 4.29. The minimum absolute atomic E-state index is 0.0564. The molecule has 1 amide bonds. The molecule has 6 heteroatoms. The van der Waals surface area contributed by atoms with Crippen molar-refractivity contribution in [1.82, 2.24) is 15.3 Å². The molecule has 28 heavy (non-hydrogen) atoms. The number of nitrogens with zero attached hydrogens (tertiary/aromatic N) is 1. The molecule has 0 aliphatic heterocycles. The predicted molar refractivity (Wildman–Crippen MR) is 113 cm³/mol. The lowest BCUT2D eigenvalue weighted by Gasteiger charge is -2.37. The summed E-state index contributed by atoms with van der Waals surface area (Å²) in [6.45, 7) is 7.51. The lowest BCUT2D eigenvalue weighted by atomic mass is 9.70. The van der Waals surface area contributed by atoms with Gasteiger partial charge in [-0.05, 0) is 55.2 Å². The highest BCUT2D eigenvalue weighted by Crippen LogP contribution is 2.38. The number of methoxy groups -OCH3 is 1. The quantitative estimate of drug-likeness (QED) is 0.674. The predicted octanol–water partition coefficient (Wildman–Crippen LogP) is 4.38. The van der Waals surface area contributed by atoms with Crippen molar-refractivity contribution in [3.63, 3.8) is 0 Å². The van der Waals surface area contributed by atoms with Gasteiger partial charge in [0.05, 0.1) is 11.0 Å². The minimum atomic E-state index is -0.0564. The largest absolute Gasteiger partial charge is 0.375 e. The van der Waals surface area contributed by atoms with Gasteiger partial charge in [-0.15, -0.1) is 0 Å². The van der Waals surface area contributed by atoms with Crippen LogP contribution in [0.3, 0.4) is 0 Å². The van der Waals surface area contributed by atoms with Crippen LogP contribution in [0, 0.1) is 23.7 Å². The molecular weight excluding hydrogens is 374 g/mol. The molecular formula is C22H30ClN3O2. The van der Waals surface area contributed by atoms with Crippen molar-refractivity contribution < 1.29 is 9.53 Å². The van der Waals surface area contributed by atoms with Crippen molar-refractivity contribution in [3.05, 3.63) is 40.7 Å². The lowest BCUT2D eigenvalue weighted by molar-refractivity contribution is -0.124. The number of hydrogen-bond donors (Lipinski definition) is 2. The van der Waals surface area contributed by atoms with Crippen molar-refractivity contribution in [1.29, 1.82) is 0 Å². The summed E-state index contributed by atoms with van der Waals surface area (Å²) in [4.78, 5) is 19.9. The first-order chi connectivity index (χ1) is 13.4. The van der Waals surface area contributed by atoms with E-state index in [1.165, 1.54) is 12.7 Å². The van der Waals surface area contributed by atoms with Gasteiger partial charge < -0.3 is 15.0 Å². The Morgan fingerprint density at radius 1 is 1.43 bits per heavy atom. The highest BCUT2D eigenvalue weighted by atomic mass is 35.5. The first-order valence-corrected chi connectivity index (χ1v) is 10.3. The topological polar surface area (TPSA) is 67.0 Å². The molecule has 1 heterocycles. The lowest BCUT2D eigenvalue weighted by Crippen LogP contribution is -2.38. The highest BCUT2D eigenvalue weighted by Gasteiger charge is 2.32. The third-order valence-corrected chi connectivity index (χ3v) is 6.06. The van der Waals surface area contributed by atoms with E-state index in [0.717, 1.165) is 34.7 Å². The molecule has 1 aliphatic rings. The first-order valence-electron chi connectivity index (χ1n) is 9.95. The zero-order chi connectivity index (χ0) is 20.3. The molecule has 1 aromatic heterocycles. The number of fused-ring (bicyclic) bond motifs is 1. The van der Waals surface area contributed by atoms with Crippen LogP contribution in [0.15, 0.2) is 29.8 Å². The van der Waals surface area contributed by atoms with E-state index in [1.54, 1.807) is 0 Å². The van der Waals surface area contributed by atoms with Crippen LogP contribution in [0.25, 0.3) is 11.0 Å². The number of aromatic nitrogens is 2. The van der Waals surface area contributed by atoms with Crippen LogP contribution < -0.4 is 5.32 Å². The number of ether oxygens (including phenoxy) is 1. The van der Waals surface area contributed by atoms with Crippen molar-refractivity contribution in [2.45, 2.75) is 33.6 Å². The summed E-state index contributed by atoms with van der Waals surface area (Å²) in [5, 5.41) is 3.72. The monoisotopic (exact) mass is 403 g/mol. The SMILES string of the molecule is COCC(=O)NCC1C=C(C)C(Cc2nc3ccc(Cl)cc3[nH]2)CC1C(C)C. The summed E-state index contributed by atoms with van der Waals surface area (Å²) in [5.74, 6) is 2.82. The molecule has 2 aromatic rings. The number of amides is 1. The van der Waals surface area contributed by atoms with E-state index in [4.69, 9.17) is 21.3 Å². The Morgan fingerprint density at radius 2 is 2.21 bits per heavy atom. The van der Waals surface area contributed by atoms with Gasteiger partial charge >= 0.3 is 0 Å². The number of nitrogens with one attached hydrogen (secondary N) is 2. The molecule has 0 radical (unpaired) electrons. The first kappa shape index (κ1) is 20.9. The maximum absolute atomic E-state index is 11.8. The molecule has 152 valence electrons. The number of aromatic amines is 1. The standard InChI is InChI=1S/C22H30ClN3O2/c1-13(2)18-8-15(14(3)7-16(18)11-24-22(27)12-28-4)9-21-25-19-6-5-17(23)10-20(19)26-21/h5-7,10,13,15-16,18H,8-9,11-12H2,1-4H3,(H,24,27)(H,25,26). The maximum atomic E-state index is 11.8. The number of carbonyl (C=O) groups excluding carboxylic acids is 1. The number of carbonyl (C=O) groups is 1. The number of halogens is 1. The Morgan fingerprint density at radius 3 is 2.93 bits per heavy atom. The van der Waals surface area contributed by atoms with Gasteiger partial charge in [-0.1, -0.05) is 37.1 Å². The molecule has 0 saturated carbocycles. The number of rotatable bonds is 7. The molecule has 5 nitrogen and oxygen atoms in total. The maximum Gasteiger partial charge on any atom is 0.246 e. The van der Waals surface area contributed by atoms with Crippen molar-refractivity contribution >= 4 is 28.5 Å². The average molecular weight is 404 g/mol. The van der Waals surface area contributed by atoms with E-state index < -0.39 is 0 Å². The Kier molecular flexibility index (Phi) is 6.78. The number of H-pyrrole nitrogens is 1. The van der Waals surface area contributed by atoms with E-state index in [2.05, 4.69) is 37.1 Å². The number of allylic oxidation sites excluding steroid dienone is 1. The number of imidazole rings is 1. The third kappa shape index (κ3) is 4.95. The van der Waals surface area contributed by atoms with Gasteiger partial charge in [0, 0.05) is 25.1 Å². The molecule has 3 rings (SSSR count). The molecule has 2 N–H and O–H groups in total. The van der Waals surface area contributed by atoms with Gasteiger partial charge in [-0.2, -0.15) is 0 Å². The smallest absolute Gasteiger partial charge is 0.246 e. The second-order valence-corrected chi connectivity index (χ2v) is 8.64. The zero-order valence-electron chi connectivity index (χ0n) is 17.1. The summed E-state index contributed by atoms with van der Waals surface area (Å²) in [5.41, 5.74) is 3.32. The molecule has 0 bridgehead atoms. The van der Waals surface area contributed by atoms with Crippen LogP contribution in [0.1, 0.15) is 33.0 Å². The van der Waals surface area contributed by atoms with Crippen LogP contribution in [0.2, 0.25) is 5.02 Å². The van der Waals surface area contributed by atoms with Crippen molar-refractivity contribution in [2.24, 2.45) is 23.7 Å². The van der Waals surface area contributed by atoms with E-state index in [1.807, 2.05) is 18.2 Å². The fraction of sp³-hybridized carbons (Fsp3) is 0.545. The molecule has 0 spiro atoms. The summed E-state index contributed by atoms with van der Waals surface area (Å²) >= 11 is 6.09. The molecule has 3 unspecified atom stereocenters. The molecule has 1 aliphatic carbocycles. The molecule has 3 atom stereocenters. The van der Waals surface area contributed by atoms with Crippen LogP contribution in [0.4, 0.5) is 0 Å². The number of hydrogen-bond acceptors (Lipinski definition) is 3. The summed E-state index contributed by atoms with van der Waals surface area (Å²) in [6.07, 6.45) is 4.34. The Bertz CT molecular complexity index is 859. The highest BCUT2D eigenvalue weighted by molar-refractivity contribution is 6.31. The summed E-state index contributed by atoms with van der Waals surface area (Å²) in [6, 6.07) is 5.75. The average Bonchev–Trinajstić information content (AvgIpc) is 3.03. The fourth-order valence-corrected chi connectivity index (χ4v) is 4.46.